The van der Waals surface area contributed by atoms with Crippen LogP contribution in [0.1, 0.15) is 74.7 Å². The fourth-order valence-corrected chi connectivity index (χ4v) is 4.73. The molecule has 0 fully saturated rings. The highest BCUT2D eigenvalue weighted by atomic mass is 16.1. The quantitative estimate of drug-likeness (QED) is 0.351. The number of hydrogen-bond donors (Lipinski definition) is 1. The number of nitrogens with one attached hydrogen (secondary N) is 1. The third kappa shape index (κ3) is 5.20. The smallest absolute Gasteiger partial charge is 0.252 e. The van der Waals surface area contributed by atoms with Crippen molar-refractivity contribution >= 4 is 10.9 Å². The number of aryl methyl sites for hydroxylation is 2. The number of pyridine rings is 1. The zero-order valence-corrected chi connectivity index (χ0v) is 21.7. The van der Waals surface area contributed by atoms with Gasteiger partial charge in [0.1, 0.15) is 0 Å². The molecule has 2 aromatic heterocycles. The normalized spacial score (nSPS) is 13.0. The lowest BCUT2D eigenvalue weighted by molar-refractivity contribution is 0.150. The predicted octanol–water partition coefficient (Wildman–Crippen LogP) is 5.43. The number of fused-ring (bicyclic) bond motifs is 1. The molecule has 0 radical (unpaired) electrons. The highest BCUT2D eigenvalue weighted by Crippen LogP contribution is 2.30. The number of aromatic nitrogens is 5. The molecule has 0 bridgehead atoms. The van der Waals surface area contributed by atoms with Crippen molar-refractivity contribution in [2.24, 2.45) is 0 Å². The number of H-pyrrole nitrogens is 1. The first-order valence-corrected chi connectivity index (χ1v) is 12.4. The van der Waals surface area contributed by atoms with Gasteiger partial charge < -0.3 is 4.98 Å². The van der Waals surface area contributed by atoms with Crippen molar-refractivity contribution in [3.05, 3.63) is 87.0 Å². The van der Waals surface area contributed by atoms with Gasteiger partial charge in [0, 0.05) is 29.6 Å². The van der Waals surface area contributed by atoms with Crippen LogP contribution in [-0.2, 0) is 18.6 Å². The van der Waals surface area contributed by atoms with Gasteiger partial charge >= 0.3 is 0 Å². The molecule has 4 aromatic rings. The van der Waals surface area contributed by atoms with E-state index in [0.717, 1.165) is 46.3 Å². The molecule has 0 saturated carbocycles. The Bertz CT molecular complexity index is 1360. The molecule has 0 saturated heterocycles. The van der Waals surface area contributed by atoms with Crippen molar-refractivity contribution in [3.8, 4) is 0 Å². The second-order valence-electron chi connectivity index (χ2n) is 10.1. The van der Waals surface area contributed by atoms with Crippen LogP contribution in [0.4, 0.5) is 0 Å². The maximum absolute atomic E-state index is 13.2. The summed E-state index contributed by atoms with van der Waals surface area (Å²) in [6, 6.07) is 16.5. The molecule has 1 N–H and O–H groups in total. The molecule has 7 nitrogen and oxygen atoms in total. The van der Waals surface area contributed by atoms with Crippen molar-refractivity contribution in [1.82, 2.24) is 30.1 Å². The molecular formula is C28H36N6O. The average molecular weight is 473 g/mol. The molecule has 2 aromatic carbocycles. The van der Waals surface area contributed by atoms with E-state index >= 15 is 0 Å². The van der Waals surface area contributed by atoms with Crippen LogP contribution in [0.25, 0.3) is 10.9 Å². The van der Waals surface area contributed by atoms with Crippen LogP contribution in [0.3, 0.4) is 0 Å². The maximum atomic E-state index is 13.2. The van der Waals surface area contributed by atoms with E-state index in [0.29, 0.717) is 13.1 Å². The van der Waals surface area contributed by atoms with Crippen molar-refractivity contribution in [2.75, 3.05) is 0 Å². The van der Waals surface area contributed by atoms with Gasteiger partial charge in [-0.15, -0.1) is 5.10 Å². The molecule has 0 spiro atoms. The Hall–Kier alpha value is -3.32. The molecule has 7 heteroatoms. The number of hydrogen-bond acceptors (Lipinski definition) is 5. The zero-order chi connectivity index (χ0) is 25.2. The molecule has 0 unspecified atom stereocenters. The van der Waals surface area contributed by atoms with Crippen LogP contribution < -0.4 is 5.56 Å². The van der Waals surface area contributed by atoms with Crippen LogP contribution in [0.15, 0.2) is 53.3 Å². The summed E-state index contributed by atoms with van der Waals surface area (Å²) in [5.41, 5.74) is 4.85. The molecule has 0 aliphatic heterocycles. The van der Waals surface area contributed by atoms with Gasteiger partial charge in [-0.3, -0.25) is 9.69 Å². The lowest BCUT2D eigenvalue weighted by Crippen LogP contribution is -2.36. The average Bonchev–Trinajstić information content (AvgIpc) is 3.31. The Labute approximate surface area is 207 Å². The molecule has 4 rings (SSSR count). The third-order valence-electron chi connectivity index (χ3n) is 7.05. The summed E-state index contributed by atoms with van der Waals surface area (Å²) in [7, 11) is 0. The lowest BCUT2D eigenvalue weighted by atomic mass is 10.0. The highest BCUT2D eigenvalue weighted by molar-refractivity contribution is 5.83. The summed E-state index contributed by atoms with van der Waals surface area (Å²) in [5.74, 6) is 0.833. The van der Waals surface area contributed by atoms with E-state index in [1.54, 1.807) is 0 Å². The standard InChI is InChI=1S/C28H36N6O/c1-7-25(26-30-31-32-34(26)28(5,6)8-2)33(17-21-12-10-9-11-13-21)18-22-16-23-20(4)14-19(3)15-24(23)29-27(22)35/h9-16,25H,7-8,17-18H2,1-6H3,(H,29,35)/t25-/m0/s1. The Morgan fingerprint density at radius 1 is 1.06 bits per heavy atom. The third-order valence-corrected chi connectivity index (χ3v) is 7.05. The van der Waals surface area contributed by atoms with Crippen molar-refractivity contribution < 1.29 is 0 Å². The van der Waals surface area contributed by atoms with Gasteiger partial charge in [-0.1, -0.05) is 50.2 Å². The van der Waals surface area contributed by atoms with Gasteiger partial charge in [-0.05, 0) is 79.8 Å². The second-order valence-corrected chi connectivity index (χ2v) is 10.1. The number of nitrogens with zero attached hydrogens (tertiary/aromatic N) is 5. The minimum atomic E-state index is -0.208. The van der Waals surface area contributed by atoms with E-state index in [9.17, 15) is 4.79 Å². The first-order valence-electron chi connectivity index (χ1n) is 12.4. The minimum absolute atomic E-state index is 0.0507. The van der Waals surface area contributed by atoms with Crippen molar-refractivity contribution in [2.45, 2.75) is 79.1 Å². The molecule has 0 aliphatic carbocycles. The zero-order valence-electron chi connectivity index (χ0n) is 21.7. The summed E-state index contributed by atoms with van der Waals surface area (Å²) in [6.45, 7) is 13.9. The van der Waals surface area contributed by atoms with E-state index in [2.05, 4.69) is 78.2 Å². The van der Waals surface area contributed by atoms with Gasteiger partial charge in [0.15, 0.2) is 5.82 Å². The molecular weight excluding hydrogens is 436 g/mol. The topological polar surface area (TPSA) is 79.7 Å². The molecule has 2 heterocycles. The van der Waals surface area contributed by atoms with Gasteiger partial charge in [-0.2, -0.15) is 0 Å². The van der Waals surface area contributed by atoms with Crippen LogP contribution in [0, 0.1) is 13.8 Å². The monoisotopic (exact) mass is 472 g/mol. The predicted molar refractivity (Wildman–Crippen MR) is 140 cm³/mol. The fourth-order valence-electron chi connectivity index (χ4n) is 4.73. The van der Waals surface area contributed by atoms with Gasteiger partial charge in [0.25, 0.3) is 5.56 Å². The number of aromatic amines is 1. The summed E-state index contributed by atoms with van der Waals surface area (Å²) in [5, 5.41) is 14.0. The van der Waals surface area contributed by atoms with E-state index in [4.69, 9.17) is 0 Å². The molecule has 1 atom stereocenters. The SMILES string of the molecule is CC[C@@H](c1nnnn1C(C)(C)CC)N(Cc1ccccc1)Cc1cc2c(C)cc(C)cc2[nH]c1=O. The number of benzene rings is 2. The minimum Gasteiger partial charge on any atom is -0.322 e. The summed E-state index contributed by atoms with van der Waals surface area (Å²) < 4.78 is 1.96. The van der Waals surface area contributed by atoms with Crippen molar-refractivity contribution in [1.29, 1.82) is 0 Å². The van der Waals surface area contributed by atoms with Crippen LogP contribution in [0.2, 0.25) is 0 Å². The van der Waals surface area contributed by atoms with E-state index < -0.39 is 0 Å². The maximum Gasteiger partial charge on any atom is 0.252 e. The lowest BCUT2D eigenvalue weighted by Gasteiger charge is -2.33. The van der Waals surface area contributed by atoms with Crippen LogP contribution in [0.5, 0.6) is 0 Å². The largest absolute Gasteiger partial charge is 0.322 e. The Morgan fingerprint density at radius 2 is 1.80 bits per heavy atom. The van der Waals surface area contributed by atoms with Crippen LogP contribution in [-0.4, -0.2) is 30.1 Å². The first kappa shape index (κ1) is 24.8. The first-order chi connectivity index (χ1) is 16.7. The van der Waals surface area contributed by atoms with Crippen LogP contribution >= 0.6 is 0 Å². The Balaban J connectivity index is 1.79. The van der Waals surface area contributed by atoms with E-state index in [-0.39, 0.29) is 17.1 Å². The fraction of sp³-hybridized carbons (Fsp3) is 0.429. The van der Waals surface area contributed by atoms with E-state index in [1.807, 2.05) is 41.9 Å². The summed E-state index contributed by atoms with van der Waals surface area (Å²) in [4.78, 5) is 18.6. The van der Waals surface area contributed by atoms with E-state index in [1.165, 1.54) is 5.56 Å². The summed E-state index contributed by atoms with van der Waals surface area (Å²) >= 11 is 0. The molecule has 35 heavy (non-hydrogen) atoms. The van der Waals surface area contributed by atoms with Crippen molar-refractivity contribution in [3.63, 3.8) is 0 Å². The summed E-state index contributed by atoms with van der Waals surface area (Å²) in [6.07, 6.45) is 1.72. The van der Waals surface area contributed by atoms with Gasteiger partial charge in [-0.25, -0.2) is 4.68 Å². The molecule has 184 valence electrons. The van der Waals surface area contributed by atoms with Gasteiger partial charge in [0.05, 0.1) is 11.6 Å². The van der Waals surface area contributed by atoms with Gasteiger partial charge in [0.2, 0.25) is 0 Å². The molecule has 0 aliphatic rings. The molecule has 0 amide bonds. The number of tetrazole rings is 1. The number of rotatable bonds is 9. The Kier molecular flexibility index (Phi) is 7.17. The highest BCUT2D eigenvalue weighted by Gasteiger charge is 2.31. The second kappa shape index (κ2) is 10.1. The Morgan fingerprint density at radius 3 is 2.49 bits per heavy atom.